The van der Waals surface area contributed by atoms with Gasteiger partial charge in [0, 0.05) is 33.4 Å². The number of hydrogen-bond acceptors (Lipinski definition) is 6. The molecule has 0 saturated carbocycles. The lowest BCUT2D eigenvalue weighted by Crippen LogP contribution is -2.02. The molecule has 0 amide bonds. The van der Waals surface area contributed by atoms with Gasteiger partial charge in [0.15, 0.2) is 34.9 Å². The maximum Gasteiger partial charge on any atom is 0.164 e. The van der Waals surface area contributed by atoms with Gasteiger partial charge in [-0.05, 0) is 58.9 Å². The average Bonchev–Trinajstić information content (AvgIpc) is 3.30. The van der Waals surface area contributed by atoms with Crippen molar-refractivity contribution in [2.24, 2.45) is 0 Å². The standard InChI is InChI=1S/C51H38N6/c1-3-35-18-16-17-27-43(35)44-32-42(33-45(34(44)2)51-56-48(39-23-12-6-13-24-39)55-49(57-51)40-25-14-7-15-26-40)36-28-30-41(31-29-36)50-53-46(37-19-8-4-9-20-37)52-47(54-50)38-21-10-5-11-22-38/h4-33H,3H2,1-2H3. The van der Waals surface area contributed by atoms with Crippen molar-refractivity contribution in [2.75, 3.05) is 0 Å². The van der Waals surface area contributed by atoms with Crippen molar-refractivity contribution in [3.8, 4) is 90.6 Å². The highest BCUT2D eigenvalue weighted by molar-refractivity contribution is 5.85. The van der Waals surface area contributed by atoms with Gasteiger partial charge in [0.2, 0.25) is 0 Å². The fourth-order valence-electron chi connectivity index (χ4n) is 7.16. The molecule has 57 heavy (non-hydrogen) atoms. The van der Waals surface area contributed by atoms with Crippen LogP contribution < -0.4 is 0 Å². The lowest BCUT2D eigenvalue weighted by molar-refractivity contribution is 1.07. The van der Waals surface area contributed by atoms with E-state index in [1.807, 2.05) is 121 Å². The maximum absolute atomic E-state index is 5.15. The summed E-state index contributed by atoms with van der Waals surface area (Å²) in [6.07, 6.45) is 0.911. The third kappa shape index (κ3) is 7.36. The van der Waals surface area contributed by atoms with Crippen molar-refractivity contribution in [3.63, 3.8) is 0 Å². The van der Waals surface area contributed by atoms with Gasteiger partial charge in [-0.3, -0.25) is 0 Å². The fourth-order valence-corrected chi connectivity index (χ4v) is 7.16. The zero-order chi connectivity index (χ0) is 38.6. The van der Waals surface area contributed by atoms with Crippen LogP contribution in [-0.2, 0) is 6.42 Å². The van der Waals surface area contributed by atoms with Crippen LogP contribution in [0.25, 0.3) is 90.6 Å². The molecule has 0 saturated heterocycles. The highest BCUT2D eigenvalue weighted by Gasteiger charge is 2.19. The number of nitrogens with zero attached hydrogens (tertiary/aromatic N) is 6. The third-order valence-electron chi connectivity index (χ3n) is 10.2. The summed E-state index contributed by atoms with van der Waals surface area (Å²) < 4.78 is 0. The van der Waals surface area contributed by atoms with E-state index in [0.717, 1.165) is 62.1 Å². The summed E-state index contributed by atoms with van der Waals surface area (Å²) >= 11 is 0. The Labute approximate surface area is 332 Å². The largest absolute Gasteiger partial charge is 0.208 e. The smallest absolute Gasteiger partial charge is 0.164 e. The van der Waals surface area contributed by atoms with E-state index in [2.05, 4.69) is 74.5 Å². The van der Waals surface area contributed by atoms with Crippen molar-refractivity contribution in [1.29, 1.82) is 0 Å². The minimum Gasteiger partial charge on any atom is -0.208 e. The van der Waals surface area contributed by atoms with E-state index in [1.165, 1.54) is 11.1 Å². The van der Waals surface area contributed by atoms with Crippen LogP contribution in [0, 0.1) is 6.92 Å². The summed E-state index contributed by atoms with van der Waals surface area (Å²) in [6.45, 7) is 4.38. The van der Waals surface area contributed by atoms with Gasteiger partial charge in [-0.15, -0.1) is 0 Å². The van der Waals surface area contributed by atoms with Crippen LogP contribution in [-0.4, -0.2) is 29.9 Å². The molecular formula is C51H38N6. The van der Waals surface area contributed by atoms with Crippen LogP contribution in [0.3, 0.4) is 0 Å². The summed E-state index contributed by atoms with van der Waals surface area (Å²) in [5, 5.41) is 0. The molecule has 0 radical (unpaired) electrons. The highest BCUT2D eigenvalue weighted by Crippen LogP contribution is 2.39. The molecule has 0 N–H and O–H groups in total. The fraction of sp³-hybridized carbons (Fsp3) is 0.0588. The molecule has 2 aromatic heterocycles. The Kier molecular flexibility index (Phi) is 9.74. The van der Waals surface area contributed by atoms with Gasteiger partial charge in [0.25, 0.3) is 0 Å². The highest BCUT2D eigenvalue weighted by atomic mass is 15.0. The molecule has 7 aromatic carbocycles. The molecule has 0 aliphatic rings. The minimum atomic E-state index is 0.614. The summed E-state index contributed by atoms with van der Waals surface area (Å²) in [5.74, 6) is 3.77. The quantitative estimate of drug-likeness (QED) is 0.147. The van der Waals surface area contributed by atoms with Crippen LogP contribution in [0.15, 0.2) is 182 Å². The normalized spacial score (nSPS) is 11.1. The summed E-state index contributed by atoms with van der Waals surface area (Å²) in [5.41, 5.74) is 12.4. The topological polar surface area (TPSA) is 77.3 Å². The van der Waals surface area contributed by atoms with Crippen molar-refractivity contribution in [2.45, 2.75) is 20.3 Å². The van der Waals surface area contributed by atoms with Crippen LogP contribution in [0.5, 0.6) is 0 Å². The molecule has 0 atom stereocenters. The van der Waals surface area contributed by atoms with Crippen LogP contribution in [0.2, 0.25) is 0 Å². The molecule has 9 aromatic rings. The Morgan fingerprint density at radius 3 is 1.05 bits per heavy atom. The lowest BCUT2D eigenvalue weighted by atomic mass is 9.88. The van der Waals surface area contributed by atoms with Gasteiger partial charge in [-0.2, -0.15) is 0 Å². The number of hydrogen-bond donors (Lipinski definition) is 0. The maximum atomic E-state index is 5.15. The van der Waals surface area contributed by atoms with Crippen molar-refractivity contribution in [1.82, 2.24) is 29.9 Å². The summed E-state index contributed by atoms with van der Waals surface area (Å²) in [4.78, 5) is 30.1. The molecule has 0 bridgehead atoms. The van der Waals surface area contributed by atoms with Gasteiger partial charge in [-0.1, -0.05) is 177 Å². The number of aromatic nitrogens is 6. The minimum absolute atomic E-state index is 0.614. The first kappa shape index (κ1) is 35.3. The van der Waals surface area contributed by atoms with E-state index in [1.54, 1.807) is 0 Å². The second-order valence-corrected chi connectivity index (χ2v) is 13.9. The van der Waals surface area contributed by atoms with Gasteiger partial charge in [0.1, 0.15) is 0 Å². The van der Waals surface area contributed by atoms with Gasteiger partial charge < -0.3 is 0 Å². The molecule has 9 rings (SSSR count). The predicted octanol–water partition coefficient (Wildman–Crippen LogP) is 12.3. The molecule has 6 nitrogen and oxygen atoms in total. The Morgan fingerprint density at radius 1 is 0.298 bits per heavy atom. The summed E-state index contributed by atoms with van der Waals surface area (Å²) in [6, 6.07) is 62.0. The second kappa shape index (κ2) is 15.7. The molecule has 0 fully saturated rings. The lowest BCUT2D eigenvalue weighted by Gasteiger charge is -2.18. The van der Waals surface area contributed by atoms with E-state index in [-0.39, 0.29) is 0 Å². The van der Waals surface area contributed by atoms with Crippen molar-refractivity contribution in [3.05, 3.63) is 193 Å². The summed E-state index contributed by atoms with van der Waals surface area (Å²) in [7, 11) is 0. The van der Waals surface area contributed by atoms with E-state index in [4.69, 9.17) is 29.9 Å². The Morgan fingerprint density at radius 2 is 0.632 bits per heavy atom. The van der Waals surface area contributed by atoms with E-state index < -0.39 is 0 Å². The van der Waals surface area contributed by atoms with Crippen LogP contribution in [0.4, 0.5) is 0 Å². The predicted molar refractivity (Wildman–Crippen MR) is 231 cm³/mol. The zero-order valence-electron chi connectivity index (χ0n) is 31.7. The van der Waals surface area contributed by atoms with Crippen LogP contribution >= 0.6 is 0 Å². The van der Waals surface area contributed by atoms with Gasteiger partial charge in [0.05, 0.1) is 0 Å². The first-order valence-electron chi connectivity index (χ1n) is 19.2. The van der Waals surface area contributed by atoms with Crippen molar-refractivity contribution < 1.29 is 0 Å². The van der Waals surface area contributed by atoms with Crippen LogP contribution in [0.1, 0.15) is 18.1 Å². The molecule has 272 valence electrons. The molecule has 0 spiro atoms. The molecule has 6 heteroatoms. The third-order valence-corrected chi connectivity index (χ3v) is 10.2. The SMILES string of the molecule is CCc1ccccc1-c1cc(-c2ccc(-c3nc(-c4ccccc4)nc(-c4ccccc4)n3)cc2)cc(-c2nc(-c3ccccc3)nc(-c3ccccc3)n2)c1C. The number of rotatable bonds is 9. The van der Waals surface area contributed by atoms with E-state index in [0.29, 0.717) is 34.9 Å². The van der Waals surface area contributed by atoms with Gasteiger partial charge in [-0.25, -0.2) is 29.9 Å². The Balaban J connectivity index is 1.20. The Hall–Kier alpha value is -7.44. The number of aryl methyl sites for hydroxylation is 1. The molecule has 2 heterocycles. The first-order chi connectivity index (χ1) is 28.1. The second-order valence-electron chi connectivity index (χ2n) is 13.9. The first-order valence-corrected chi connectivity index (χ1v) is 19.2. The zero-order valence-corrected chi connectivity index (χ0v) is 31.7. The molecule has 0 unspecified atom stereocenters. The average molecular weight is 735 g/mol. The van der Waals surface area contributed by atoms with Gasteiger partial charge >= 0.3 is 0 Å². The van der Waals surface area contributed by atoms with E-state index >= 15 is 0 Å². The Bertz CT molecular complexity index is 2690. The molecule has 0 aliphatic heterocycles. The number of benzene rings is 7. The van der Waals surface area contributed by atoms with E-state index in [9.17, 15) is 0 Å². The molecular weight excluding hydrogens is 697 g/mol. The van der Waals surface area contributed by atoms with Crippen molar-refractivity contribution >= 4 is 0 Å². The molecule has 0 aliphatic carbocycles. The monoisotopic (exact) mass is 734 g/mol.